The van der Waals surface area contributed by atoms with Gasteiger partial charge in [-0.1, -0.05) is 60.7 Å². The lowest BCUT2D eigenvalue weighted by atomic mass is 10.0. The summed E-state index contributed by atoms with van der Waals surface area (Å²) < 4.78 is 16.3. The molecule has 0 spiro atoms. The minimum atomic E-state index is -0.819. The van der Waals surface area contributed by atoms with Crippen LogP contribution in [0.1, 0.15) is 49.2 Å². The molecule has 7 heteroatoms. The molecule has 0 radical (unpaired) electrons. The van der Waals surface area contributed by atoms with E-state index in [4.69, 9.17) is 14.2 Å². The topological polar surface area (TPSA) is 80.9 Å². The Morgan fingerprint density at radius 3 is 2.18 bits per heavy atom. The Kier molecular flexibility index (Phi) is 8.48. The number of nitrogens with one attached hydrogen (secondary N) is 1. The highest BCUT2D eigenvalue weighted by Crippen LogP contribution is 2.33. The number of carbonyl (C=O) groups is 2. The van der Waals surface area contributed by atoms with Crippen LogP contribution < -0.4 is 9.47 Å². The van der Waals surface area contributed by atoms with Crippen LogP contribution in [0.15, 0.2) is 78.9 Å². The molecule has 1 aromatic heterocycles. The lowest BCUT2D eigenvalue weighted by molar-refractivity contribution is 0.0795. The van der Waals surface area contributed by atoms with Gasteiger partial charge in [-0.3, -0.25) is 9.69 Å². The van der Waals surface area contributed by atoms with Crippen molar-refractivity contribution in [3.05, 3.63) is 95.6 Å². The monoisotopic (exact) mass is 514 g/mol. The van der Waals surface area contributed by atoms with Crippen LogP contribution in [0.4, 0.5) is 4.79 Å². The van der Waals surface area contributed by atoms with Crippen LogP contribution >= 0.6 is 0 Å². The van der Waals surface area contributed by atoms with Crippen molar-refractivity contribution in [2.75, 3.05) is 13.2 Å². The first kappa shape index (κ1) is 26.9. The van der Waals surface area contributed by atoms with Gasteiger partial charge in [0.05, 0.1) is 18.7 Å². The molecule has 3 aromatic carbocycles. The quantitative estimate of drug-likeness (QED) is 0.186. The molecule has 0 bridgehead atoms. The molecule has 0 saturated carbocycles. The van der Waals surface area contributed by atoms with Crippen molar-refractivity contribution in [1.82, 2.24) is 9.88 Å². The fourth-order valence-electron chi connectivity index (χ4n) is 4.15. The molecule has 38 heavy (non-hydrogen) atoms. The fraction of sp³-hybridized carbons (Fsp3) is 0.290. The zero-order chi connectivity index (χ0) is 27.1. The van der Waals surface area contributed by atoms with Crippen LogP contribution in [0, 0.1) is 0 Å². The number of nitrogens with zero attached hydrogens (tertiary/aromatic N) is 1. The van der Waals surface area contributed by atoms with Gasteiger partial charge in [0.1, 0.15) is 12.4 Å². The van der Waals surface area contributed by atoms with E-state index < -0.39 is 6.16 Å². The summed E-state index contributed by atoms with van der Waals surface area (Å²) in [4.78, 5) is 30.9. The van der Waals surface area contributed by atoms with E-state index in [0.717, 1.165) is 11.1 Å². The lowest BCUT2D eigenvalue weighted by Gasteiger charge is -2.35. The number of ketones is 1. The van der Waals surface area contributed by atoms with Gasteiger partial charge in [-0.25, -0.2) is 4.79 Å². The highest BCUT2D eigenvalue weighted by atomic mass is 16.7. The standard InChI is InChI=1S/C31H34N2O5/c1-5-36-30(35)38-28-18-25-24(16-17-27(29(25)32-28)37-21-23-14-10-7-11-15-23)26(34)20-33(31(2,3)4)19-22-12-8-6-9-13-22/h6-18,32H,5,19-21H2,1-4H3. The van der Waals surface area contributed by atoms with Gasteiger partial charge in [-0.05, 0) is 51.0 Å². The number of H-pyrrole nitrogens is 1. The van der Waals surface area contributed by atoms with Gasteiger partial charge >= 0.3 is 6.16 Å². The summed E-state index contributed by atoms with van der Waals surface area (Å²) in [6, 6.07) is 25.1. The van der Waals surface area contributed by atoms with Gasteiger partial charge in [0.15, 0.2) is 5.78 Å². The van der Waals surface area contributed by atoms with E-state index >= 15 is 0 Å². The largest absolute Gasteiger partial charge is 0.515 e. The lowest BCUT2D eigenvalue weighted by Crippen LogP contribution is -2.43. The summed E-state index contributed by atoms with van der Waals surface area (Å²) in [5.74, 6) is 0.688. The zero-order valence-corrected chi connectivity index (χ0v) is 22.3. The molecule has 0 aliphatic heterocycles. The molecule has 1 N–H and O–H groups in total. The average Bonchev–Trinajstić information content (AvgIpc) is 3.31. The molecule has 0 saturated heterocycles. The molecule has 1 heterocycles. The fourth-order valence-corrected chi connectivity index (χ4v) is 4.15. The van der Waals surface area contributed by atoms with E-state index in [-0.39, 0.29) is 30.4 Å². The Balaban J connectivity index is 1.64. The van der Waals surface area contributed by atoms with Crippen molar-refractivity contribution in [3.8, 4) is 11.6 Å². The van der Waals surface area contributed by atoms with Crippen LogP contribution in [-0.2, 0) is 17.9 Å². The third kappa shape index (κ3) is 6.81. The van der Waals surface area contributed by atoms with Crippen LogP contribution in [-0.4, -0.2) is 40.5 Å². The van der Waals surface area contributed by atoms with Gasteiger partial charge < -0.3 is 19.2 Å². The van der Waals surface area contributed by atoms with E-state index in [1.807, 2.05) is 48.5 Å². The third-order valence-corrected chi connectivity index (χ3v) is 6.22. The number of ether oxygens (including phenoxy) is 3. The molecule has 0 amide bonds. The van der Waals surface area contributed by atoms with Crippen LogP contribution in [0.3, 0.4) is 0 Å². The number of hydrogen-bond donors (Lipinski definition) is 1. The number of aromatic nitrogens is 1. The van der Waals surface area contributed by atoms with Gasteiger partial charge in [0, 0.05) is 29.1 Å². The number of aromatic amines is 1. The van der Waals surface area contributed by atoms with E-state index in [9.17, 15) is 9.59 Å². The predicted molar refractivity (Wildman–Crippen MR) is 148 cm³/mol. The maximum Gasteiger partial charge on any atom is 0.515 e. The normalized spacial score (nSPS) is 11.5. The summed E-state index contributed by atoms with van der Waals surface area (Å²) in [5.41, 5.74) is 3.01. The SMILES string of the molecule is CCOC(=O)Oc1cc2c(C(=O)CN(Cc3ccccc3)C(C)(C)C)ccc(OCc3ccccc3)c2[nH]1. The molecule has 0 unspecified atom stereocenters. The number of rotatable bonds is 10. The first-order valence-corrected chi connectivity index (χ1v) is 12.7. The summed E-state index contributed by atoms with van der Waals surface area (Å²) in [7, 11) is 0. The summed E-state index contributed by atoms with van der Waals surface area (Å²) in [6.45, 7) is 9.40. The minimum absolute atomic E-state index is 0.0443. The number of fused-ring (bicyclic) bond motifs is 1. The maximum atomic E-state index is 13.7. The van der Waals surface area contributed by atoms with Gasteiger partial charge in [-0.2, -0.15) is 0 Å². The molecule has 198 valence electrons. The molecule has 4 rings (SSSR count). The Hall–Kier alpha value is -4.10. The molecular formula is C31H34N2O5. The third-order valence-electron chi connectivity index (χ3n) is 6.22. The zero-order valence-electron chi connectivity index (χ0n) is 22.3. The van der Waals surface area contributed by atoms with Crippen LogP contribution in [0.2, 0.25) is 0 Å². The van der Waals surface area contributed by atoms with Gasteiger partial charge in [-0.15, -0.1) is 0 Å². The van der Waals surface area contributed by atoms with Gasteiger partial charge in [0.2, 0.25) is 5.88 Å². The molecule has 4 aromatic rings. The Labute approximate surface area is 223 Å². The van der Waals surface area contributed by atoms with E-state index in [0.29, 0.717) is 35.4 Å². The average molecular weight is 515 g/mol. The van der Waals surface area contributed by atoms with Crippen molar-refractivity contribution < 1.29 is 23.8 Å². The van der Waals surface area contributed by atoms with Gasteiger partial charge in [0.25, 0.3) is 0 Å². The summed E-state index contributed by atoms with van der Waals surface area (Å²) in [5, 5.41) is 0.619. The molecular weight excluding hydrogens is 480 g/mol. The second-order valence-electron chi connectivity index (χ2n) is 10.0. The van der Waals surface area contributed by atoms with E-state index in [1.54, 1.807) is 25.1 Å². The second-order valence-corrected chi connectivity index (χ2v) is 10.0. The smallest absolute Gasteiger partial charge is 0.487 e. The molecule has 0 atom stereocenters. The Morgan fingerprint density at radius 2 is 1.55 bits per heavy atom. The number of Topliss-reactive ketones (excluding diaryl/α,β-unsaturated/α-hetero) is 1. The van der Waals surface area contributed by atoms with Crippen molar-refractivity contribution in [2.45, 2.75) is 46.4 Å². The molecule has 0 aliphatic rings. The van der Waals surface area contributed by atoms with Crippen molar-refractivity contribution >= 4 is 22.8 Å². The summed E-state index contributed by atoms with van der Waals surface area (Å²) in [6.07, 6.45) is -0.819. The molecule has 0 fully saturated rings. The van der Waals surface area contributed by atoms with Crippen LogP contribution in [0.5, 0.6) is 11.6 Å². The first-order valence-electron chi connectivity index (χ1n) is 12.7. The van der Waals surface area contributed by atoms with Crippen LogP contribution in [0.25, 0.3) is 10.9 Å². The Bertz CT molecular complexity index is 1370. The number of benzene rings is 3. The predicted octanol–water partition coefficient (Wildman–Crippen LogP) is 6.77. The van der Waals surface area contributed by atoms with Crippen molar-refractivity contribution in [3.63, 3.8) is 0 Å². The number of hydrogen-bond acceptors (Lipinski definition) is 6. The van der Waals surface area contributed by atoms with Crippen molar-refractivity contribution in [2.24, 2.45) is 0 Å². The molecule has 0 aliphatic carbocycles. The maximum absolute atomic E-state index is 13.7. The number of carbonyl (C=O) groups excluding carboxylic acids is 2. The van der Waals surface area contributed by atoms with E-state index in [2.05, 4.69) is 42.8 Å². The molecule has 7 nitrogen and oxygen atoms in total. The highest BCUT2D eigenvalue weighted by molar-refractivity contribution is 6.10. The first-order chi connectivity index (χ1) is 18.2. The summed E-state index contributed by atoms with van der Waals surface area (Å²) >= 11 is 0. The van der Waals surface area contributed by atoms with E-state index in [1.165, 1.54) is 0 Å². The highest BCUT2D eigenvalue weighted by Gasteiger charge is 2.26. The minimum Gasteiger partial charge on any atom is -0.487 e. The second kappa shape index (κ2) is 12.0. The van der Waals surface area contributed by atoms with Crippen molar-refractivity contribution in [1.29, 1.82) is 0 Å². The Morgan fingerprint density at radius 1 is 0.895 bits per heavy atom.